The molecule has 0 atom stereocenters. The molecule has 0 saturated heterocycles. The van der Waals surface area contributed by atoms with E-state index in [0.29, 0.717) is 30.2 Å². The molecule has 0 radical (unpaired) electrons. The van der Waals surface area contributed by atoms with Crippen LogP contribution in [0.1, 0.15) is 29.5 Å². The van der Waals surface area contributed by atoms with Crippen LogP contribution in [0.3, 0.4) is 0 Å². The van der Waals surface area contributed by atoms with Crippen molar-refractivity contribution in [1.82, 2.24) is 20.5 Å². The van der Waals surface area contributed by atoms with Gasteiger partial charge in [0.2, 0.25) is 0 Å². The number of carbonyl (C=O) groups is 1. The number of nitrogens with two attached hydrogens (primary N) is 1. The summed E-state index contributed by atoms with van der Waals surface area (Å²) in [5.74, 6) is 1.05. The van der Waals surface area contributed by atoms with E-state index < -0.39 is 0 Å². The van der Waals surface area contributed by atoms with Crippen LogP contribution in [-0.2, 0) is 6.42 Å². The zero-order chi connectivity index (χ0) is 15.1. The first kappa shape index (κ1) is 14.8. The summed E-state index contributed by atoms with van der Waals surface area (Å²) in [4.78, 5) is 16.2. The van der Waals surface area contributed by atoms with Gasteiger partial charge in [-0.2, -0.15) is 5.10 Å². The van der Waals surface area contributed by atoms with E-state index in [1.165, 1.54) is 6.33 Å². The Hall–Kier alpha value is -2.57. The van der Waals surface area contributed by atoms with Crippen molar-refractivity contribution in [3.8, 4) is 5.75 Å². The van der Waals surface area contributed by atoms with E-state index in [1.54, 1.807) is 18.2 Å². The number of hydrogen-bond acceptors (Lipinski definition) is 5. The summed E-state index contributed by atoms with van der Waals surface area (Å²) in [6.07, 6.45) is 2.97. The van der Waals surface area contributed by atoms with Crippen LogP contribution < -0.4 is 15.8 Å². The summed E-state index contributed by atoms with van der Waals surface area (Å²) < 4.78 is 5.45. The van der Waals surface area contributed by atoms with Crippen molar-refractivity contribution in [2.45, 2.75) is 19.8 Å². The first-order valence-corrected chi connectivity index (χ1v) is 6.86. The first-order valence-electron chi connectivity index (χ1n) is 6.86. The molecule has 0 unspecified atom stereocenters. The molecule has 1 amide bonds. The number of nitrogen functional groups attached to an aromatic ring is 1. The van der Waals surface area contributed by atoms with Crippen molar-refractivity contribution in [3.63, 3.8) is 0 Å². The molecule has 0 bridgehead atoms. The third-order valence-electron chi connectivity index (χ3n) is 2.92. The molecular weight excluding hydrogens is 270 g/mol. The number of nitrogens with one attached hydrogen (secondary N) is 2. The zero-order valence-corrected chi connectivity index (χ0v) is 11.9. The van der Waals surface area contributed by atoms with Crippen molar-refractivity contribution in [1.29, 1.82) is 0 Å². The number of aryl methyl sites for hydroxylation is 1. The molecule has 4 N–H and O–H groups in total. The number of aromatic nitrogens is 3. The largest absolute Gasteiger partial charge is 0.491 e. The molecule has 0 aliphatic heterocycles. The average molecular weight is 289 g/mol. The monoisotopic (exact) mass is 289 g/mol. The number of hydrogen-bond donors (Lipinski definition) is 3. The molecule has 7 heteroatoms. The van der Waals surface area contributed by atoms with Gasteiger partial charge in [0.1, 0.15) is 12.2 Å². The molecule has 2 rings (SSSR count). The second kappa shape index (κ2) is 7.28. The molecule has 112 valence electrons. The van der Waals surface area contributed by atoms with E-state index in [1.807, 2.05) is 6.92 Å². The van der Waals surface area contributed by atoms with E-state index >= 15 is 0 Å². The highest BCUT2D eigenvalue weighted by atomic mass is 16.5. The highest BCUT2D eigenvalue weighted by Crippen LogP contribution is 2.26. The highest BCUT2D eigenvalue weighted by Gasteiger charge is 2.14. The lowest BCUT2D eigenvalue weighted by molar-refractivity contribution is 0.0949. The number of amides is 1. The minimum absolute atomic E-state index is 0.191. The summed E-state index contributed by atoms with van der Waals surface area (Å²) in [6, 6.07) is 5.15. The number of ether oxygens (including phenoxy) is 1. The zero-order valence-electron chi connectivity index (χ0n) is 11.9. The Morgan fingerprint density at radius 1 is 1.48 bits per heavy atom. The maximum Gasteiger partial charge on any atom is 0.255 e. The number of benzene rings is 1. The third kappa shape index (κ3) is 3.95. The summed E-state index contributed by atoms with van der Waals surface area (Å²) in [5, 5.41) is 9.40. The molecule has 2 aromatic rings. The van der Waals surface area contributed by atoms with Gasteiger partial charge in [0.05, 0.1) is 17.9 Å². The van der Waals surface area contributed by atoms with E-state index in [9.17, 15) is 4.79 Å². The summed E-state index contributed by atoms with van der Waals surface area (Å²) >= 11 is 0. The van der Waals surface area contributed by atoms with Crippen molar-refractivity contribution in [2.75, 3.05) is 18.9 Å². The molecule has 1 aromatic heterocycles. The number of carbonyl (C=O) groups excluding carboxylic acids is 1. The molecule has 1 aromatic carbocycles. The van der Waals surface area contributed by atoms with Gasteiger partial charge in [-0.1, -0.05) is 6.07 Å². The Labute approximate surface area is 122 Å². The molecule has 0 fully saturated rings. The number of rotatable bonds is 7. The molecule has 0 saturated carbocycles. The Balaban J connectivity index is 1.89. The first-order chi connectivity index (χ1) is 10.2. The number of nitrogens with zero attached hydrogens (tertiary/aromatic N) is 2. The fourth-order valence-electron chi connectivity index (χ4n) is 1.94. The van der Waals surface area contributed by atoms with Gasteiger partial charge in [0.25, 0.3) is 5.91 Å². The van der Waals surface area contributed by atoms with Gasteiger partial charge >= 0.3 is 0 Å². The maximum atomic E-state index is 12.2. The third-order valence-corrected chi connectivity index (χ3v) is 2.92. The van der Waals surface area contributed by atoms with Gasteiger partial charge in [-0.25, -0.2) is 4.98 Å². The van der Waals surface area contributed by atoms with Crippen molar-refractivity contribution in [2.24, 2.45) is 0 Å². The Morgan fingerprint density at radius 2 is 2.33 bits per heavy atom. The Kier molecular flexibility index (Phi) is 5.14. The molecule has 7 nitrogen and oxygen atoms in total. The second-order valence-electron chi connectivity index (χ2n) is 4.45. The number of para-hydroxylation sites is 1. The minimum atomic E-state index is -0.191. The van der Waals surface area contributed by atoms with Gasteiger partial charge in [-0.05, 0) is 25.5 Å². The Bertz CT molecular complexity index is 583. The van der Waals surface area contributed by atoms with Crippen LogP contribution in [0.15, 0.2) is 24.5 Å². The quantitative estimate of drug-likeness (QED) is 0.523. The van der Waals surface area contributed by atoms with Gasteiger partial charge in [-0.3, -0.25) is 9.89 Å². The van der Waals surface area contributed by atoms with Gasteiger partial charge in [0, 0.05) is 13.0 Å². The van der Waals surface area contributed by atoms with Crippen molar-refractivity contribution >= 4 is 11.6 Å². The van der Waals surface area contributed by atoms with Crippen LogP contribution >= 0.6 is 0 Å². The maximum absolute atomic E-state index is 12.2. The van der Waals surface area contributed by atoms with Crippen LogP contribution in [-0.4, -0.2) is 34.2 Å². The molecule has 0 aliphatic carbocycles. The predicted octanol–water partition coefficient (Wildman–Crippen LogP) is 1.15. The Morgan fingerprint density at radius 3 is 3.05 bits per heavy atom. The number of aromatic amines is 1. The highest BCUT2D eigenvalue weighted by molar-refractivity contribution is 5.98. The summed E-state index contributed by atoms with van der Waals surface area (Å²) in [6.45, 7) is 2.85. The van der Waals surface area contributed by atoms with Crippen LogP contribution in [0.25, 0.3) is 0 Å². The van der Waals surface area contributed by atoms with Gasteiger partial charge < -0.3 is 15.8 Å². The van der Waals surface area contributed by atoms with E-state index in [4.69, 9.17) is 10.5 Å². The lowest BCUT2D eigenvalue weighted by Gasteiger charge is -2.12. The lowest BCUT2D eigenvalue weighted by atomic mass is 10.1. The van der Waals surface area contributed by atoms with E-state index in [2.05, 4.69) is 20.5 Å². The van der Waals surface area contributed by atoms with Crippen LogP contribution in [0, 0.1) is 0 Å². The van der Waals surface area contributed by atoms with Crippen LogP contribution in [0.4, 0.5) is 5.69 Å². The fourth-order valence-corrected chi connectivity index (χ4v) is 1.94. The van der Waals surface area contributed by atoms with Crippen LogP contribution in [0.2, 0.25) is 0 Å². The van der Waals surface area contributed by atoms with Gasteiger partial charge in [0.15, 0.2) is 5.75 Å². The SMILES string of the molecule is CCOc1c(N)cccc1C(=O)NCCCc1ncn[nH]1. The minimum Gasteiger partial charge on any atom is -0.491 e. The molecular formula is C14H19N5O2. The smallest absolute Gasteiger partial charge is 0.255 e. The topological polar surface area (TPSA) is 106 Å². The molecule has 1 heterocycles. The van der Waals surface area contributed by atoms with E-state index in [0.717, 1.165) is 18.7 Å². The van der Waals surface area contributed by atoms with Gasteiger partial charge in [-0.15, -0.1) is 0 Å². The predicted molar refractivity (Wildman–Crippen MR) is 79.1 cm³/mol. The van der Waals surface area contributed by atoms with Crippen molar-refractivity contribution < 1.29 is 9.53 Å². The fraction of sp³-hybridized carbons (Fsp3) is 0.357. The average Bonchev–Trinajstić information content (AvgIpc) is 2.99. The number of anilines is 1. The molecule has 21 heavy (non-hydrogen) atoms. The normalized spacial score (nSPS) is 10.3. The summed E-state index contributed by atoms with van der Waals surface area (Å²) in [5.41, 5.74) is 6.76. The van der Waals surface area contributed by atoms with Crippen molar-refractivity contribution in [3.05, 3.63) is 35.9 Å². The number of H-pyrrole nitrogens is 1. The standard InChI is InChI=1S/C14H19N5O2/c1-2-21-13-10(5-3-6-11(13)15)14(20)16-8-4-7-12-17-9-18-19-12/h3,5-6,9H,2,4,7-8,15H2,1H3,(H,16,20)(H,17,18,19). The van der Waals surface area contributed by atoms with E-state index in [-0.39, 0.29) is 5.91 Å². The lowest BCUT2D eigenvalue weighted by Crippen LogP contribution is -2.25. The molecule has 0 aliphatic rings. The second-order valence-corrected chi connectivity index (χ2v) is 4.45. The summed E-state index contributed by atoms with van der Waals surface area (Å²) in [7, 11) is 0. The van der Waals surface area contributed by atoms with Crippen LogP contribution in [0.5, 0.6) is 5.75 Å². The molecule has 0 spiro atoms.